The van der Waals surface area contributed by atoms with E-state index in [0.717, 1.165) is 68.3 Å². The zero-order valence-corrected chi connectivity index (χ0v) is 26.2. The van der Waals surface area contributed by atoms with Gasteiger partial charge in [0.25, 0.3) is 0 Å². The summed E-state index contributed by atoms with van der Waals surface area (Å²) in [5, 5.41) is 0. The van der Waals surface area contributed by atoms with Gasteiger partial charge in [0.15, 0.2) is 11.6 Å². The molecular formula is C40H47F3O. The molecule has 3 aromatic carbocycles. The Morgan fingerprint density at radius 2 is 1.48 bits per heavy atom. The van der Waals surface area contributed by atoms with Crippen molar-refractivity contribution in [2.75, 3.05) is 6.61 Å². The molecule has 1 unspecified atom stereocenters. The molecule has 1 atom stereocenters. The van der Waals surface area contributed by atoms with E-state index in [0.29, 0.717) is 23.3 Å². The summed E-state index contributed by atoms with van der Waals surface area (Å²) >= 11 is 0. The topological polar surface area (TPSA) is 9.23 Å². The fourth-order valence-electron chi connectivity index (χ4n) is 7.20. The van der Waals surface area contributed by atoms with E-state index >= 15 is 4.39 Å². The smallest absolute Gasteiger partial charge is 0.201 e. The van der Waals surface area contributed by atoms with Gasteiger partial charge in [0.1, 0.15) is 5.82 Å². The summed E-state index contributed by atoms with van der Waals surface area (Å²) in [6.45, 7) is 6.35. The van der Waals surface area contributed by atoms with Gasteiger partial charge in [-0.05, 0) is 110 Å². The van der Waals surface area contributed by atoms with E-state index in [1.165, 1.54) is 50.2 Å². The highest BCUT2D eigenvalue weighted by Crippen LogP contribution is 2.42. The van der Waals surface area contributed by atoms with Crippen LogP contribution in [0.5, 0.6) is 5.75 Å². The molecule has 0 saturated heterocycles. The highest BCUT2D eigenvalue weighted by molar-refractivity contribution is 5.74. The maximum atomic E-state index is 15.4. The molecule has 0 N–H and O–H groups in total. The average molecular weight is 601 g/mol. The first-order chi connectivity index (χ1) is 21.5. The van der Waals surface area contributed by atoms with Crippen molar-refractivity contribution >= 4 is 5.57 Å². The third-order valence-electron chi connectivity index (χ3n) is 9.94. The van der Waals surface area contributed by atoms with Crippen LogP contribution in [-0.2, 0) is 0 Å². The van der Waals surface area contributed by atoms with Crippen LogP contribution in [0.25, 0.3) is 27.8 Å². The fraction of sp³-hybridized carbons (Fsp3) is 0.450. The molecule has 4 heteroatoms. The Balaban J connectivity index is 1.19. The SMILES string of the molecule is C=CCCC1CCC(C2CC=C(c3ccc(-c4ccc(-c5ccc(OCCCCCC)c(F)c5F)cc4)c(F)c3)CC2)CC1. The van der Waals surface area contributed by atoms with Crippen molar-refractivity contribution in [3.05, 3.63) is 96.3 Å². The van der Waals surface area contributed by atoms with Crippen LogP contribution in [0.2, 0.25) is 0 Å². The predicted octanol–water partition coefficient (Wildman–Crippen LogP) is 12.4. The summed E-state index contributed by atoms with van der Waals surface area (Å²) in [7, 11) is 0. The molecule has 2 aliphatic rings. The molecule has 0 radical (unpaired) electrons. The second-order valence-corrected chi connectivity index (χ2v) is 12.8. The molecule has 1 fully saturated rings. The number of hydrogen-bond acceptors (Lipinski definition) is 1. The van der Waals surface area contributed by atoms with Crippen LogP contribution in [0.4, 0.5) is 13.2 Å². The summed E-state index contributed by atoms with van der Waals surface area (Å²) in [4.78, 5) is 0. The molecule has 44 heavy (non-hydrogen) atoms. The van der Waals surface area contributed by atoms with Crippen LogP contribution in [0.3, 0.4) is 0 Å². The zero-order valence-electron chi connectivity index (χ0n) is 26.2. The lowest BCUT2D eigenvalue weighted by Gasteiger charge is -2.35. The first-order valence-electron chi connectivity index (χ1n) is 16.8. The third kappa shape index (κ3) is 7.86. The third-order valence-corrected chi connectivity index (χ3v) is 9.94. The minimum absolute atomic E-state index is 0.0628. The molecule has 5 rings (SSSR count). The van der Waals surface area contributed by atoms with Crippen LogP contribution in [0.15, 0.2) is 73.3 Å². The highest BCUT2D eigenvalue weighted by atomic mass is 19.2. The van der Waals surface area contributed by atoms with Gasteiger partial charge in [0, 0.05) is 11.1 Å². The van der Waals surface area contributed by atoms with Crippen molar-refractivity contribution in [3.63, 3.8) is 0 Å². The number of unbranched alkanes of at least 4 members (excludes halogenated alkanes) is 3. The van der Waals surface area contributed by atoms with Crippen molar-refractivity contribution in [1.29, 1.82) is 0 Å². The number of rotatable bonds is 13. The molecule has 3 aromatic rings. The Hall–Kier alpha value is -3.27. The molecule has 0 spiro atoms. The lowest BCUT2D eigenvalue weighted by atomic mass is 9.70. The molecule has 0 amide bonds. The van der Waals surface area contributed by atoms with E-state index < -0.39 is 11.6 Å². The first-order valence-corrected chi connectivity index (χ1v) is 16.8. The minimum Gasteiger partial charge on any atom is -0.490 e. The van der Waals surface area contributed by atoms with E-state index in [1.807, 2.05) is 18.2 Å². The summed E-state index contributed by atoms with van der Waals surface area (Å²) in [5.41, 5.74) is 4.09. The van der Waals surface area contributed by atoms with Crippen LogP contribution >= 0.6 is 0 Å². The number of hydrogen-bond donors (Lipinski definition) is 0. The van der Waals surface area contributed by atoms with Crippen molar-refractivity contribution in [1.82, 2.24) is 0 Å². The van der Waals surface area contributed by atoms with Crippen molar-refractivity contribution < 1.29 is 17.9 Å². The lowest BCUT2D eigenvalue weighted by molar-refractivity contribution is 0.190. The Morgan fingerprint density at radius 3 is 2.14 bits per heavy atom. The summed E-state index contributed by atoms with van der Waals surface area (Å²) in [6.07, 6.45) is 19.5. The fourth-order valence-corrected chi connectivity index (χ4v) is 7.20. The van der Waals surface area contributed by atoms with Crippen LogP contribution in [0, 0.1) is 35.2 Å². The lowest BCUT2D eigenvalue weighted by Crippen LogP contribution is -2.23. The molecule has 0 aromatic heterocycles. The Labute approximate surface area is 262 Å². The van der Waals surface area contributed by atoms with Gasteiger partial charge in [-0.15, -0.1) is 6.58 Å². The van der Waals surface area contributed by atoms with Gasteiger partial charge in [-0.1, -0.05) is 87.6 Å². The highest BCUT2D eigenvalue weighted by Gasteiger charge is 2.28. The Kier molecular flexibility index (Phi) is 11.4. The van der Waals surface area contributed by atoms with E-state index in [4.69, 9.17) is 4.74 Å². The summed E-state index contributed by atoms with van der Waals surface area (Å²) < 4.78 is 50.5. The van der Waals surface area contributed by atoms with Crippen molar-refractivity contribution in [2.45, 2.75) is 90.4 Å². The second-order valence-electron chi connectivity index (χ2n) is 12.8. The van der Waals surface area contributed by atoms with Crippen molar-refractivity contribution in [3.8, 4) is 28.0 Å². The molecule has 0 aliphatic heterocycles. The maximum absolute atomic E-state index is 15.4. The van der Waals surface area contributed by atoms with E-state index in [-0.39, 0.29) is 17.1 Å². The Bertz CT molecular complexity index is 1420. The maximum Gasteiger partial charge on any atom is 0.201 e. The van der Waals surface area contributed by atoms with E-state index in [2.05, 4.69) is 19.6 Å². The van der Waals surface area contributed by atoms with Crippen LogP contribution < -0.4 is 4.74 Å². The molecule has 2 aliphatic carbocycles. The summed E-state index contributed by atoms with van der Waals surface area (Å²) in [5.74, 6) is 0.209. The van der Waals surface area contributed by atoms with Gasteiger partial charge >= 0.3 is 0 Å². The van der Waals surface area contributed by atoms with Gasteiger partial charge in [-0.2, -0.15) is 4.39 Å². The number of ether oxygens (including phenoxy) is 1. The van der Waals surface area contributed by atoms with Gasteiger partial charge in [0.2, 0.25) is 5.82 Å². The van der Waals surface area contributed by atoms with Crippen molar-refractivity contribution in [2.24, 2.45) is 17.8 Å². The second kappa shape index (κ2) is 15.6. The monoisotopic (exact) mass is 600 g/mol. The van der Waals surface area contributed by atoms with Gasteiger partial charge in [0.05, 0.1) is 6.61 Å². The van der Waals surface area contributed by atoms with Gasteiger partial charge in [-0.3, -0.25) is 0 Å². The summed E-state index contributed by atoms with van der Waals surface area (Å²) in [6, 6.07) is 15.5. The number of halogens is 3. The van der Waals surface area contributed by atoms with Gasteiger partial charge in [-0.25, -0.2) is 8.78 Å². The minimum atomic E-state index is -0.973. The molecule has 234 valence electrons. The zero-order chi connectivity index (χ0) is 30.9. The normalized spacial score (nSPS) is 20.3. The van der Waals surface area contributed by atoms with E-state index in [9.17, 15) is 8.78 Å². The van der Waals surface area contributed by atoms with Crippen LogP contribution in [0.1, 0.15) is 96.0 Å². The molecule has 1 nitrogen and oxygen atoms in total. The molecule has 1 saturated carbocycles. The first kappa shape index (κ1) is 32.1. The van der Waals surface area contributed by atoms with E-state index in [1.54, 1.807) is 36.4 Å². The van der Waals surface area contributed by atoms with Gasteiger partial charge < -0.3 is 4.74 Å². The predicted molar refractivity (Wildman–Crippen MR) is 177 cm³/mol. The largest absolute Gasteiger partial charge is 0.490 e. The number of benzene rings is 3. The average Bonchev–Trinajstić information content (AvgIpc) is 3.06. The molecule has 0 heterocycles. The standard InChI is InChI=1S/C40H47F3O/c1-3-5-7-8-26-44-38-25-24-36(39(42)40(38)43)33-20-18-32(19-21-33)35-23-22-34(27-37(35)41)31-16-14-30(15-17-31)29-12-10-28(11-13-29)9-6-4-2/h4,16,18-25,27-30H,2-3,5-15,17,26H2,1H3. The quantitative estimate of drug-likeness (QED) is 0.140. The molecule has 0 bridgehead atoms. The Morgan fingerprint density at radius 1 is 0.773 bits per heavy atom. The molecular weight excluding hydrogens is 553 g/mol. The van der Waals surface area contributed by atoms with Crippen LogP contribution in [-0.4, -0.2) is 6.61 Å². The number of allylic oxidation sites excluding steroid dienone is 3.